The van der Waals surface area contributed by atoms with Crippen molar-refractivity contribution in [1.82, 2.24) is 10.2 Å². The molecule has 0 fully saturated rings. The highest BCUT2D eigenvalue weighted by molar-refractivity contribution is 7.99. The van der Waals surface area contributed by atoms with E-state index in [9.17, 15) is 9.59 Å². The average Bonchev–Trinajstić information content (AvgIpc) is 2.74. The lowest BCUT2D eigenvalue weighted by molar-refractivity contribution is -0.140. The maximum absolute atomic E-state index is 13.1. The molecule has 5 nitrogen and oxygen atoms in total. The van der Waals surface area contributed by atoms with Gasteiger partial charge in [-0.25, -0.2) is 0 Å². The molecule has 0 saturated carbocycles. The summed E-state index contributed by atoms with van der Waals surface area (Å²) >= 11 is 1.65. The summed E-state index contributed by atoms with van der Waals surface area (Å²) in [6, 6.07) is 15.4. The Bertz CT molecular complexity index is 808. The van der Waals surface area contributed by atoms with Crippen molar-refractivity contribution in [2.75, 3.05) is 19.9 Å². The molecule has 2 aromatic carbocycles. The van der Waals surface area contributed by atoms with Crippen molar-refractivity contribution in [3.8, 4) is 5.75 Å². The first kappa shape index (κ1) is 22.8. The van der Waals surface area contributed by atoms with E-state index in [4.69, 9.17) is 4.74 Å². The lowest BCUT2D eigenvalue weighted by Gasteiger charge is -2.30. The molecule has 2 aromatic rings. The van der Waals surface area contributed by atoms with Crippen LogP contribution in [-0.2, 0) is 16.1 Å². The van der Waals surface area contributed by atoms with Crippen LogP contribution in [0.2, 0.25) is 0 Å². The summed E-state index contributed by atoms with van der Waals surface area (Å²) in [5.74, 6) is 1.23. The van der Waals surface area contributed by atoms with E-state index in [-0.39, 0.29) is 11.8 Å². The molecule has 0 aliphatic rings. The molecule has 2 rings (SSSR count). The van der Waals surface area contributed by atoms with Gasteiger partial charge < -0.3 is 15.0 Å². The molecule has 1 N–H and O–H groups in total. The summed E-state index contributed by atoms with van der Waals surface area (Å²) in [6.07, 6.45) is 0.927. The summed E-state index contributed by atoms with van der Waals surface area (Å²) in [7, 11) is 3.22. The Hall–Kier alpha value is -2.47. The van der Waals surface area contributed by atoms with Crippen molar-refractivity contribution < 1.29 is 14.3 Å². The van der Waals surface area contributed by atoms with Gasteiger partial charge in [-0.05, 0) is 43.2 Å². The van der Waals surface area contributed by atoms with E-state index < -0.39 is 6.04 Å². The topological polar surface area (TPSA) is 58.6 Å². The Morgan fingerprint density at radius 1 is 1.17 bits per heavy atom. The van der Waals surface area contributed by atoms with Crippen LogP contribution in [0.15, 0.2) is 53.4 Å². The van der Waals surface area contributed by atoms with Gasteiger partial charge in [-0.3, -0.25) is 9.59 Å². The first-order valence-electron chi connectivity index (χ1n) is 9.82. The van der Waals surface area contributed by atoms with Crippen LogP contribution in [0.4, 0.5) is 0 Å². The molecule has 0 radical (unpaired) electrons. The fourth-order valence-electron chi connectivity index (χ4n) is 3.09. The first-order valence-corrected chi connectivity index (χ1v) is 10.8. The Morgan fingerprint density at radius 2 is 1.90 bits per heavy atom. The van der Waals surface area contributed by atoms with Crippen molar-refractivity contribution in [2.24, 2.45) is 0 Å². The van der Waals surface area contributed by atoms with Crippen LogP contribution < -0.4 is 10.1 Å². The predicted molar refractivity (Wildman–Crippen MR) is 118 cm³/mol. The molecule has 0 aromatic heterocycles. The van der Waals surface area contributed by atoms with Crippen LogP contribution in [0.25, 0.3) is 0 Å². The molecule has 6 heteroatoms. The second-order valence-electron chi connectivity index (χ2n) is 6.82. The Balaban J connectivity index is 2.10. The number of thioether (sulfide) groups is 1. The Morgan fingerprint density at radius 3 is 2.52 bits per heavy atom. The third kappa shape index (κ3) is 6.82. The lowest BCUT2D eigenvalue weighted by Crippen LogP contribution is -2.48. The summed E-state index contributed by atoms with van der Waals surface area (Å²) in [4.78, 5) is 28.3. The van der Waals surface area contributed by atoms with Gasteiger partial charge in [-0.15, -0.1) is 11.8 Å². The van der Waals surface area contributed by atoms with Crippen LogP contribution >= 0.6 is 11.8 Å². The molecule has 0 spiro atoms. The molecular formula is C23H30N2O3S. The van der Waals surface area contributed by atoms with E-state index in [0.717, 1.165) is 16.2 Å². The van der Waals surface area contributed by atoms with Gasteiger partial charge in [0.05, 0.1) is 7.11 Å². The number of aryl methyl sites for hydroxylation is 1. The Kier molecular flexibility index (Phi) is 9.06. The standard InChI is InChI=1S/C23H30N2O3S/c1-5-21(23(27)24-3)25(16-18-7-6-8-19(15-18)28-4)22(26)13-14-29-20-11-9-17(2)10-12-20/h6-12,15,21H,5,13-14,16H2,1-4H3,(H,24,27)/t21-/m1/s1. The maximum Gasteiger partial charge on any atom is 0.242 e. The molecular weight excluding hydrogens is 384 g/mol. The van der Waals surface area contributed by atoms with E-state index >= 15 is 0 Å². The first-order chi connectivity index (χ1) is 14.0. The number of ether oxygens (including phenoxy) is 1. The molecule has 1 atom stereocenters. The summed E-state index contributed by atoms with van der Waals surface area (Å²) in [5.41, 5.74) is 2.15. The second-order valence-corrected chi connectivity index (χ2v) is 7.99. The van der Waals surface area contributed by atoms with E-state index in [1.807, 2.05) is 31.2 Å². The van der Waals surface area contributed by atoms with Gasteiger partial charge in [0.1, 0.15) is 11.8 Å². The highest BCUT2D eigenvalue weighted by Gasteiger charge is 2.27. The largest absolute Gasteiger partial charge is 0.497 e. The highest BCUT2D eigenvalue weighted by atomic mass is 32.2. The fourth-order valence-corrected chi connectivity index (χ4v) is 3.93. The van der Waals surface area contributed by atoms with Gasteiger partial charge in [0, 0.05) is 30.7 Å². The molecule has 0 saturated heterocycles. The van der Waals surface area contributed by atoms with Gasteiger partial charge in [-0.2, -0.15) is 0 Å². The van der Waals surface area contributed by atoms with Crippen molar-refractivity contribution in [3.05, 3.63) is 59.7 Å². The number of amides is 2. The van der Waals surface area contributed by atoms with Crippen LogP contribution in [-0.4, -0.2) is 42.7 Å². The van der Waals surface area contributed by atoms with Crippen molar-refractivity contribution in [2.45, 2.75) is 44.2 Å². The number of nitrogens with zero attached hydrogens (tertiary/aromatic N) is 1. The maximum atomic E-state index is 13.1. The minimum atomic E-state index is -0.497. The molecule has 0 aliphatic heterocycles. The van der Waals surface area contributed by atoms with E-state index in [0.29, 0.717) is 25.1 Å². The number of nitrogens with one attached hydrogen (secondary N) is 1. The zero-order valence-corrected chi connectivity index (χ0v) is 18.4. The lowest BCUT2D eigenvalue weighted by atomic mass is 10.1. The van der Waals surface area contributed by atoms with Crippen LogP contribution in [0, 0.1) is 6.92 Å². The number of methoxy groups -OCH3 is 1. The number of benzene rings is 2. The van der Waals surface area contributed by atoms with Crippen LogP contribution in [0.5, 0.6) is 5.75 Å². The van der Waals surface area contributed by atoms with Gasteiger partial charge in [0.25, 0.3) is 0 Å². The highest BCUT2D eigenvalue weighted by Crippen LogP contribution is 2.22. The zero-order valence-electron chi connectivity index (χ0n) is 17.6. The molecule has 0 unspecified atom stereocenters. The smallest absolute Gasteiger partial charge is 0.242 e. The second kappa shape index (κ2) is 11.5. The minimum absolute atomic E-state index is 0.0251. The summed E-state index contributed by atoms with van der Waals surface area (Å²) in [6.45, 7) is 4.35. The van der Waals surface area contributed by atoms with Crippen LogP contribution in [0.1, 0.15) is 30.9 Å². The number of carbonyl (C=O) groups is 2. The van der Waals surface area contributed by atoms with Crippen molar-refractivity contribution >= 4 is 23.6 Å². The van der Waals surface area contributed by atoms with E-state index in [2.05, 4.69) is 36.5 Å². The molecule has 0 aliphatic carbocycles. The molecule has 29 heavy (non-hydrogen) atoms. The normalized spacial score (nSPS) is 11.6. The summed E-state index contributed by atoms with van der Waals surface area (Å²) < 4.78 is 5.29. The van der Waals surface area contributed by atoms with Crippen molar-refractivity contribution in [3.63, 3.8) is 0 Å². The van der Waals surface area contributed by atoms with Crippen LogP contribution in [0.3, 0.4) is 0 Å². The van der Waals surface area contributed by atoms with Gasteiger partial charge in [-0.1, -0.05) is 36.8 Å². The average molecular weight is 415 g/mol. The SMILES string of the molecule is CC[C@H](C(=O)NC)N(Cc1cccc(OC)c1)C(=O)CCSc1ccc(C)cc1. The number of carbonyl (C=O) groups excluding carboxylic acids is 2. The van der Waals surface area contributed by atoms with E-state index in [1.165, 1.54) is 5.56 Å². The number of rotatable bonds is 10. The monoisotopic (exact) mass is 414 g/mol. The molecule has 2 amide bonds. The van der Waals surface area contributed by atoms with E-state index in [1.54, 1.807) is 30.8 Å². The third-order valence-corrected chi connectivity index (χ3v) is 5.74. The number of likely N-dealkylation sites (N-methyl/N-ethyl adjacent to an activating group) is 1. The minimum Gasteiger partial charge on any atom is -0.497 e. The Labute approximate surface area is 177 Å². The zero-order chi connectivity index (χ0) is 21.2. The third-order valence-electron chi connectivity index (χ3n) is 4.73. The van der Waals surface area contributed by atoms with Crippen molar-refractivity contribution in [1.29, 1.82) is 0 Å². The predicted octanol–water partition coefficient (Wildman–Crippen LogP) is 4.04. The van der Waals surface area contributed by atoms with Gasteiger partial charge >= 0.3 is 0 Å². The summed E-state index contributed by atoms with van der Waals surface area (Å²) in [5, 5.41) is 2.68. The molecule has 0 heterocycles. The fraction of sp³-hybridized carbons (Fsp3) is 0.391. The molecule has 156 valence electrons. The molecule has 0 bridgehead atoms. The van der Waals surface area contributed by atoms with Gasteiger partial charge in [0.2, 0.25) is 11.8 Å². The quantitative estimate of drug-likeness (QED) is 0.596. The number of hydrogen-bond donors (Lipinski definition) is 1. The number of hydrogen-bond acceptors (Lipinski definition) is 4. The van der Waals surface area contributed by atoms with Gasteiger partial charge in [0.15, 0.2) is 0 Å².